The molecule has 0 fully saturated rings. The van der Waals surface area contributed by atoms with Crippen molar-refractivity contribution in [3.8, 4) is 5.75 Å². The zero-order valence-electron chi connectivity index (χ0n) is 13.8. The molecule has 0 unspecified atom stereocenters. The van der Waals surface area contributed by atoms with E-state index in [1.165, 1.54) is 5.56 Å². The summed E-state index contributed by atoms with van der Waals surface area (Å²) >= 11 is 0. The maximum Gasteiger partial charge on any atom is 0.342 e. The van der Waals surface area contributed by atoms with E-state index in [1.807, 2.05) is 24.3 Å². The highest BCUT2D eigenvalue weighted by molar-refractivity contribution is 5.92. The van der Waals surface area contributed by atoms with Gasteiger partial charge in [0.25, 0.3) is 5.91 Å². The van der Waals surface area contributed by atoms with Crippen molar-refractivity contribution < 1.29 is 19.1 Å². The fraction of sp³-hybridized carbons (Fsp3) is 0.263. The number of carbonyl (C=O) groups excluding carboxylic acids is 2. The average Bonchev–Trinajstić information content (AvgIpc) is 2.58. The van der Waals surface area contributed by atoms with Crippen molar-refractivity contribution in [2.45, 2.75) is 26.4 Å². The van der Waals surface area contributed by atoms with Crippen LogP contribution in [-0.4, -0.2) is 18.5 Å². The number of para-hydroxylation sites is 1. The summed E-state index contributed by atoms with van der Waals surface area (Å²) < 4.78 is 10.6. The molecule has 0 spiro atoms. The lowest BCUT2D eigenvalue weighted by Gasteiger charge is -2.11. The normalized spacial score (nSPS) is 10.5. The number of hydrogen-bond acceptors (Lipinski definition) is 4. The molecule has 2 aromatic carbocycles. The summed E-state index contributed by atoms with van der Waals surface area (Å²) in [5, 5.41) is 0. The van der Waals surface area contributed by atoms with Crippen LogP contribution in [0.3, 0.4) is 0 Å². The summed E-state index contributed by atoms with van der Waals surface area (Å²) in [5.74, 6) is -0.390. The second-order valence-electron chi connectivity index (χ2n) is 5.72. The van der Waals surface area contributed by atoms with Gasteiger partial charge >= 0.3 is 5.97 Å². The van der Waals surface area contributed by atoms with Crippen molar-refractivity contribution >= 4 is 11.9 Å². The summed E-state index contributed by atoms with van der Waals surface area (Å²) in [7, 11) is 0. The fourth-order valence-electron chi connectivity index (χ4n) is 2.14. The van der Waals surface area contributed by atoms with Gasteiger partial charge < -0.3 is 15.2 Å². The molecular weight excluding hydrogens is 306 g/mol. The first-order valence-electron chi connectivity index (χ1n) is 7.73. The Morgan fingerprint density at radius 3 is 2.33 bits per heavy atom. The highest BCUT2D eigenvalue weighted by Crippen LogP contribution is 2.20. The largest absolute Gasteiger partial charge is 0.483 e. The van der Waals surface area contributed by atoms with Gasteiger partial charge in [-0.1, -0.05) is 50.2 Å². The molecule has 0 bridgehead atoms. The van der Waals surface area contributed by atoms with E-state index in [0.29, 0.717) is 5.92 Å². The monoisotopic (exact) mass is 327 g/mol. The summed E-state index contributed by atoms with van der Waals surface area (Å²) in [6.45, 7) is 4.12. The van der Waals surface area contributed by atoms with E-state index in [1.54, 1.807) is 24.3 Å². The van der Waals surface area contributed by atoms with E-state index in [2.05, 4.69) is 13.8 Å². The quantitative estimate of drug-likeness (QED) is 0.793. The third-order valence-electron chi connectivity index (χ3n) is 3.49. The topological polar surface area (TPSA) is 78.6 Å². The number of benzene rings is 2. The molecule has 0 atom stereocenters. The number of esters is 1. The summed E-state index contributed by atoms with van der Waals surface area (Å²) in [6.07, 6.45) is 0. The zero-order valence-corrected chi connectivity index (χ0v) is 13.8. The van der Waals surface area contributed by atoms with Crippen LogP contribution in [-0.2, 0) is 16.1 Å². The number of nitrogens with two attached hydrogens (primary N) is 1. The predicted molar refractivity (Wildman–Crippen MR) is 90.8 cm³/mol. The lowest BCUT2D eigenvalue weighted by Crippen LogP contribution is -2.21. The molecule has 0 saturated heterocycles. The molecule has 1 amide bonds. The van der Waals surface area contributed by atoms with Crippen LogP contribution in [0.4, 0.5) is 0 Å². The maximum absolute atomic E-state index is 12.2. The maximum atomic E-state index is 12.2. The number of ether oxygens (including phenoxy) is 2. The Morgan fingerprint density at radius 1 is 1.04 bits per heavy atom. The van der Waals surface area contributed by atoms with Gasteiger partial charge in [0.1, 0.15) is 17.9 Å². The van der Waals surface area contributed by atoms with E-state index in [9.17, 15) is 9.59 Å². The molecule has 0 aromatic heterocycles. The Labute approximate surface area is 141 Å². The predicted octanol–water partition coefficient (Wildman–Crippen LogP) is 3.03. The highest BCUT2D eigenvalue weighted by atomic mass is 16.5. The lowest BCUT2D eigenvalue weighted by molar-refractivity contribution is -0.119. The van der Waals surface area contributed by atoms with Crippen LogP contribution in [0.2, 0.25) is 0 Å². The van der Waals surface area contributed by atoms with Crippen LogP contribution < -0.4 is 10.5 Å². The van der Waals surface area contributed by atoms with Crippen molar-refractivity contribution in [1.82, 2.24) is 0 Å². The van der Waals surface area contributed by atoms with E-state index in [-0.39, 0.29) is 24.5 Å². The van der Waals surface area contributed by atoms with Gasteiger partial charge in [0, 0.05) is 0 Å². The van der Waals surface area contributed by atoms with Crippen LogP contribution in [0.5, 0.6) is 5.75 Å². The molecule has 0 heterocycles. The van der Waals surface area contributed by atoms with Crippen LogP contribution in [0.15, 0.2) is 48.5 Å². The van der Waals surface area contributed by atoms with E-state index >= 15 is 0 Å². The SMILES string of the molecule is CC(C)c1ccc(COC(=O)c2ccccc2OCC(N)=O)cc1. The minimum Gasteiger partial charge on any atom is -0.483 e. The second kappa shape index (κ2) is 8.15. The first-order valence-corrected chi connectivity index (χ1v) is 7.73. The second-order valence-corrected chi connectivity index (χ2v) is 5.72. The van der Waals surface area contributed by atoms with Gasteiger partial charge in [-0.15, -0.1) is 0 Å². The van der Waals surface area contributed by atoms with Crippen LogP contribution in [0, 0.1) is 0 Å². The molecule has 0 saturated carbocycles. The van der Waals surface area contributed by atoms with Gasteiger partial charge in [-0.05, 0) is 29.2 Å². The van der Waals surface area contributed by atoms with Gasteiger partial charge in [-0.2, -0.15) is 0 Å². The molecule has 0 aliphatic rings. The van der Waals surface area contributed by atoms with Crippen LogP contribution >= 0.6 is 0 Å². The molecule has 0 aliphatic carbocycles. The van der Waals surface area contributed by atoms with E-state index in [0.717, 1.165) is 5.56 Å². The first-order chi connectivity index (χ1) is 11.5. The Kier molecular flexibility index (Phi) is 5.95. The lowest BCUT2D eigenvalue weighted by atomic mass is 10.0. The fourth-order valence-corrected chi connectivity index (χ4v) is 2.14. The summed E-state index contributed by atoms with van der Waals surface area (Å²) in [6, 6.07) is 14.5. The molecule has 0 radical (unpaired) electrons. The van der Waals surface area contributed by atoms with E-state index < -0.39 is 11.9 Å². The van der Waals surface area contributed by atoms with Gasteiger partial charge in [-0.25, -0.2) is 4.79 Å². The molecule has 2 N–H and O–H groups in total. The Hall–Kier alpha value is -2.82. The van der Waals surface area contributed by atoms with Crippen molar-refractivity contribution in [1.29, 1.82) is 0 Å². The van der Waals surface area contributed by atoms with Crippen molar-refractivity contribution in [3.05, 3.63) is 65.2 Å². The number of hydrogen-bond donors (Lipinski definition) is 1. The van der Waals surface area contributed by atoms with Gasteiger partial charge in [0.2, 0.25) is 0 Å². The smallest absolute Gasteiger partial charge is 0.342 e. The number of rotatable bonds is 7. The minimum atomic E-state index is -0.608. The zero-order chi connectivity index (χ0) is 17.5. The summed E-state index contributed by atoms with van der Waals surface area (Å²) in [5.41, 5.74) is 7.45. The van der Waals surface area contributed by atoms with Crippen molar-refractivity contribution in [3.63, 3.8) is 0 Å². The van der Waals surface area contributed by atoms with Crippen molar-refractivity contribution in [2.75, 3.05) is 6.61 Å². The van der Waals surface area contributed by atoms with Gasteiger partial charge in [0.15, 0.2) is 6.61 Å². The minimum absolute atomic E-state index is 0.168. The molecule has 24 heavy (non-hydrogen) atoms. The average molecular weight is 327 g/mol. The van der Waals surface area contributed by atoms with Crippen LogP contribution in [0.1, 0.15) is 41.3 Å². The molecule has 5 nitrogen and oxygen atoms in total. The standard InChI is InChI=1S/C19H21NO4/c1-13(2)15-9-7-14(8-10-15)11-24-19(22)16-5-3-4-6-17(16)23-12-18(20)21/h3-10,13H,11-12H2,1-2H3,(H2,20,21). The number of carbonyl (C=O) groups is 2. The molecule has 2 rings (SSSR count). The van der Waals surface area contributed by atoms with Crippen molar-refractivity contribution in [2.24, 2.45) is 5.73 Å². The third-order valence-corrected chi connectivity index (χ3v) is 3.49. The van der Waals surface area contributed by atoms with Gasteiger partial charge in [0.05, 0.1) is 0 Å². The Balaban J connectivity index is 2.00. The Bertz CT molecular complexity index is 708. The number of primary amides is 1. The van der Waals surface area contributed by atoms with Crippen LogP contribution in [0.25, 0.3) is 0 Å². The first kappa shape index (κ1) is 17.5. The van der Waals surface area contributed by atoms with Gasteiger partial charge in [-0.3, -0.25) is 4.79 Å². The highest BCUT2D eigenvalue weighted by Gasteiger charge is 2.14. The molecule has 126 valence electrons. The molecule has 0 aliphatic heterocycles. The molecule has 5 heteroatoms. The third kappa shape index (κ3) is 4.84. The molecule has 2 aromatic rings. The van der Waals surface area contributed by atoms with E-state index in [4.69, 9.17) is 15.2 Å². The summed E-state index contributed by atoms with van der Waals surface area (Å²) in [4.78, 5) is 23.1. The Morgan fingerprint density at radius 2 is 1.71 bits per heavy atom. The molecular formula is C19H21NO4. The number of amides is 1.